The van der Waals surface area contributed by atoms with Gasteiger partial charge in [-0.1, -0.05) is 48.2 Å². The van der Waals surface area contributed by atoms with Crippen LogP contribution in [0, 0.1) is 6.92 Å². The van der Waals surface area contributed by atoms with E-state index >= 15 is 0 Å². The van der Waals surface area contributed by atoms with Crippen molar-refractivity contribution in [3.8, 4) is 5.75 Å². The monoisotopic (exact) mass is 398 g/mol. The molecule has 1 aliphatic heterocycles. The molecule has 1 atom stereocenters. The van der Waals surface area contributed by atoms with Gasteiger partial charge in [-0.05, 0) is 55.3 Å². The Morgan fingerprint density at radius 1 is 1.26 bits per heavy atom. The number of thiocarbonyl (C=S) groups is 1. The first-order valence-electron chi connectivity index (χ1n) is 8.29. The van der Waals surface area contributed by atoms with Gasteiger partial charge in [0.1, 0.15) is 16.1 Å². The molecule has 1 unspecified atom stereocenters. The van der Waals surface area contributed by atoms with Crippen molar-refractivity contribution in [2.24, 2.45) is 0 Å². The highest BCUT2D eigenvalue weighted by Crippen LogP contribution is 2.34. The van der Waals surface area contributed by atoms with Gasteiger partial charge in [-0.2, -0.15) is 0 Å². The second kappa shape index (κ2) is 7.94. The molecule has 0 spiro atoms. The number of rotatable bonds is 4. The molecule has 0 aromatic heterocycles. The molecular formula is C20H18N2O3S2. The maximum atomic E-state index is 12.8. The van der Waals surface area contributed by atoms with E-state index in [1.807, 2.05) is 25.1 Å². The van der Waals surface area contributed by atoms with Crippen LogP contribution in [-0.2, 0) is 9.59 Å². The predicted molar refractivity (Wildman–Crippen MR) is 112 cm³/mol. The molecule has 3 rings (SSSR count). The molecule has 1 heterocycles. The smallest absolute Gasteiger partial charge is 0.266 e. The number of carbonyl (C=O) groups excluding carboxylic acids is 2. The zero-order valence-corrected chi connectivity index (χ0v) is 16.4. The molecule has 7 heteroatoms. The molecule has 2 amide bonds. The van der Waals surface area contributed by atoms with Gasteiger partial charge in [-0.3, -0.25) is 14.5 Å². The summed E-state index contributed by atoms with van der Waals surface area (Å²) < 4.78 is 0.332. The van der Waals surface area contributed by atoms with Gasteiger partial charge < -0.3 is 10.4 Å². The summed E-state index contributed by atoms with van der Waals surface area (Å²) in [6.45, 7) is 3.58. The maximum Gasteiger partial charge on any atom is 0.266 e. The van der Waals surface area contributed by atoms with Gasteiger partial charge in [0.2, 0.25) is 5.91 Å². The molecule has 2 N–H and O–H groups in total. The summed E-state index contributed by atoms with van der Waals surface area (Å²) in [6.07, 6.45) is 1.66. The lowest BCUT2D eigenvalue weighted by Crippen LogP contribution is -2.44. The number of nitrogens with zero attached hydrogens (tertiary/aromatic N) is 1. The van der Waals surface area contributed by atoms with Gasteiger partial charge in [-0.25, -0.2) is 0 Å². The summed E-state index contributed by atoms with van der Waals surface area (Å²) in [5, 5.41) is 12.4. The van der Waals surface area contributed by atoms with Gasteiger partial charge in [0.25, 0.3) is 5.91 Å². The number of anilines is 1. The molecule has 0 aliphatic carbocycles. The molecule has 27 heavy (non-hydrogen) atoms. The molecule has 1 fully saturated rings. The van der Waals surface area contributed by atoms with Crippen molar-refractivity contribution < 1.29 is 14.7 Å². The SMILES string of the molecule is Cc1cccc(NC(=O)C(C)N2C(=O)/C(=C/c3cccc(O)c3)SC2=S)c1. The topological polar surface area (TPSA) is 69.6 Å². The first kappa shape index (κ1) is 19.1. The summed E-state index contributed by atoms with van der Waals surface area (Å²) in [6, 6.07) is 13.3. The molecule has 0 saturated carbocycles. The minimum absolute atomic E-state index is 0.116. The fourth-order valence-corrected chi connectivity index (χ4v) is 4.08. The lowest BCUT2D eigenvalue weighted by atomic mass is 10.2. The highest BCUT2D eigenvalue weighted by atomic mass is 32.2. The van der Waals surface area contributed by atoms with E-state index < -0.39 is 6.04 Å². The third-order valence-electron chi connectivity index (χ3n) is 4.04. The summed E-state index contributed by atoms with van der Waals surface area (Å²) in [4.78, 5) is 27.1. The molecular weight excluding hydrogens is 380 g/mol. The second-order valence-corrected chi connectivity index (χ2v) is 7.86. The van der Waals surface area contributed by atoms with E-state index in [0.717, 1.165) is 17.3 Å². The highest BCUT2D eigenvalue weighted by molar-refractivity contribution is 8.26. The fraction of sp³-hybridized carbons (Fsp3) is 0.150. The standard InChI is InChI=1S/C20H18N2O3S2/c1-12-5-3-7-15(9-12)21-18(24)13(2)22-19(25)17(27-20(22)26)11-14-6-4-8-16(23)10-14/h3-11,13,23H,1-2H3,(H,21,24)/b17-11-. The van der Waals surface area contributed by atoms with Crippen LogP contribution < -0.4 is 5.32 Å². The van der Waals surface area contributed by atoms with E-state index in [-0.39, 0.29) is 17.6 Å². The van der Waals surface area contributed by atoms with Gasteiger partial charge in [0, 0.05) is 5.69 Å². The van der Waals surface area contributed by atoms with E-state index in [9.17, 15) is 14.7 Å². The largest absolute Gasteiger partial charge is 0.508 e. The van der Waals surface area contributed by atoms with Gasteiger partial charge in [0.15, 0.2) is 0 Å². The fourth-order valence-electron chi connectivity index (χ4n) is 2.67. The van der Waals surface area contributed by atoms with Crippen LogP contribution in [0.2, 0.25) is 0 Å². The Morgan fingerprint density at radius 3 is 2.70 bits per heavy atom. The first-order valence-corrected chi connectivity index (χ1v) is 9.51. The van der Waals surface area contributed by atoms with Crippen LogP contribution in [0.4, 0.5) is 5.69 Å². The first-order chi connectivity index (χ1) is 12.8. The highest BCUT2D eigenvalue weighted by Gasteiger charge is 2.38. The Labute approximate surface area is 167 Å². The van der Waals surface area contributed by atoms with Crippen LogP contribution in [0.3, 0.4) is 0 Å². The van der Waals surface area contributed by atoms with Gasteiger partial charge >= 0.3 is 0 Å². The molecule has 0 bridgehead atoms. The van der Waals surface area contributed by atoms with E-state index in [1.165, 1.54) is 4.90 Å². The average molecular weight is 399 g/mol. The Bertz CT molecular complexity index is 956. The minimum Gasteiger partial charge on any atom is -0.508 e. The number of hydrogen-bond donors (Lipinski definition) is 2. The van der Waals surface area contributed by atoms with Crippen molar-refractivity contribution in [3.05, 3.63) is 64.6 Å². The quantitative estimate of drug-likeness (QED) is 0.603. The number of carbonyl (C=O) groups is 2. The summed E-state index contributed by atoms with van der Waals surface area (Å²) in [5.74, 6) is -0.513. The van der Waals surface area contributed by atoms with E-state index in [1.54, 1.807) is 43.3 Å². The van der Waals surface area contributed by atoms with Crippen molar-refractivity contribution >= 4 is 51.9 Å². The number of phenols is 1. The predicted octanol–water partition coefficient (Wildman–Crippen LogP) is 3.93. The molecule has 2 aromatic carbocycles. The molecule has 0 radical (unpaired) electrons. The average Bonchev–Trinajstić information content (AvgIpc) is 2.88. The van der Waals surface area contributed by atoms with E-state index in [2.05, 4.69) is 5.32 Å². The van der Waals surface area contributed by atoms with Crippen LogP contribution in [0.15, 0.2) is 53.4 Å². The van der Waals surface area contributed by atoms with Crippen LogP contribution >= 0.6 is 24.0 Å². The zero-order chi connectivity index (χ0) is 19.6. The minimum atomic E-state index is -0.743. The van der Waals surface area contributed by atoms with Crippen molar-refractivity contribution in [1.29, 1.82) is 0 Å². The van der Waals surface area contributed by atoms with E-state index in [4.69, 9.17) is 12.2 Å². The van der Waals surface area contributed by atoms with Crippen LogP contribution in [0.1, 0.15) is 18.1 Å². The molecule has 5 nitrogen and oxygen atoms in total. The molecule has 138 valence electrons. The number of aromatic hydroxyl groups is 1. The van der Waals surface area contributed by atoms with Gasteiger partial charge in [0.05, 0.1) is 4.91 Å². The zero-order valence-electron chi connectivity index (χ0n) is 14.8. The number of amides is 2. The lowest BCUT2D eigenvalue weighted by molar-refractivity contribution is -0.129. The third kappa shape index (κ3) is 4.37. The van der Waals surface area contributed by atoms with Crippen molar-refractivity contribution in [3.63, 3.8) is 0 Å². The van der Waals surface area contributed by atoms with E-state index in [0.29, 0.717) is 20.5 Å². The summed E-state index contributed by atoms with van der Waals surface area (Å²) in [5.41, 5.74) is 2.39. The number of phenolic OH excluding ortho intramolecular Hbond substituents is 1. The number of nitrogens with one attached hydrogen (secondary N) is 1. The lowest BCUT2D eigenvalue weighted by Gasteiger charge is -2.22. The number of thioether (sulfide) groups is 1. The molecule has 1 saturated heterocycles. The molecule has 2 aromatic rings. The van der Waals surface area contributed by atoms with Crippen LogP contribution in [0.5, 0.6) is 5.75 Å². The van der Waals surface area contributed by atoms with Crippen LogP contribution in [0.25, 0.3) is 6.08 Å². The summed E-state index contributed by atoms with van der Waals surface area (Å²) >= 11 is 6.46. The maximum absolute atomic E-state index is 12.8. The Balaban J connectivity index is 1.77. The second-order valence-electron chi connectivity index (χ2n) is 6.18. The number of hydrogen-bond acceptors (Lipinski definition) is 5. The van der Waals surface area contributed by atoms with Crippen molar-refractivity contribution in [2.45, 2.75) is 19.9 Å². The third-order valence-corrected chi connectivity index (χ3v) is 5.37. The molecule has 1 aliphatic rings. The Kier molecular flexibility index (Phi) is 5.62. The van der Waals surface area contributed by atoms with Gasteiger partial charge in [-0.15, -0.1) is 0 Å². The Morgan fingerprint density at radius 2 is 2.00 bits per heavy atom. The van der Waals surface area contributed by atoms with Crippen LogP contribution in [-0.4, -0.2) is 32.2 Å². The normalized spacial score (nSPS) is 16.7. The van der Waals surface area contributed by atoms with Crippen molar-refractivity contribution in [1.82, 2.24) is 4.90 Å². The van der Waals surface area contributed by atoms with Crippen molar-refractivity contribution in [2.75, 3.05) is 5.32 Å². The number of aryl methyl sites for hydroxylation is 1. The Hall–Kier alpha value is -2.64. The number of benzene rings is 2. The summed E-state index contributed by atoms with van der Waals surface area (Å²) in [7, 11) is 0.